The van der Waals surface area contributed by atoms with Crippen molar-refractivity contribution in [1.29, 1.82) is 0 Å². The van der Waals surface area contributed by atoms with Gasteiger partial charge < -0.3 is 4.74 Å². The first-order chi connectivity index (χ1) is 17.2. The number of hydrogen-bond donors (Lipinski definition) is 1. The highest BCUT2D eigenvalue weighted by Gasteiger charge is 2.64. The maximum absolute atomic E-state index is 13.9. The van der Waals surface area contributed by atoms with Crippen molar-refractivity contribution in [2.24, 2.45) is 0 Å². The summed E-state index contributed by atoms with van der Waals surface area (Å²) in [5.41, 5.74) is 3.05. The summed E-state index contributed by atoms with van der Waals surface area (Å²) in [6.45, 7) is 5.58. The van der Waals surface area contributed by atoms with E-state index in [4.69, 9.17) is 4.74 Å². The van der Waals surface area contributed by atoms with Crippen LogP contribution in [-0.4, -0.2) is 36.4 Å². The third-order valence-corrected chi connectivity index (χ3v) is 8.07. The van der Waals surface area contributed by atoms with Gasteiger partial charge >= 0.3 is 0 Å². The van der Waals surface area contributed by atoms with Gasteiger partial charge in [-0.05, 0) is 57.5 Å². The molecule has 1 N–H and O–H groups in total. The average Bonchev–Trinajstić information content (AvgIpc) is 3.60. The Kier molecular flexibility index (Phi) is 5.75. The summed E-state index contributed by atoms with van der Waals surface area (Å²) in [5.74, 6) is -0.467. The number of rotatable bonds is 6. The second-order valence-corrected chi connectivity index (χ2v) is 10.9. The molecular formula is C27H26N4O4S. The number of benzene rings is 2. The molecule has 36 heavy (non-hydrogen) atoms. The van der Waals surface area contributed by atoms with Crippen LogP contribution in [0.25, 0.3) is 10.9 Å². The number of hydrogen-bond acceptors (Lipinski definition) is 7. The number of aryl methyl sites for hydroxylation is 3. The fourth-order valence-electron chi connectivity index (χ4n) is 4.84. The van der Waals surface area contributed by atoms with E-state index in [1.54, 1.807) is 42.7 Å². The van der Waals surface area contributed by atoms with Crippen LogP contribution in [0.2, 0.25) is 0 Å². The van der Waals surface area contributed by atoms with Gasteiger partial charge in [0.15, 0.2) is 0 Å². The number of aromatic nitrogens is 3. The monoisotopic (exact) mass is 502 g/mol. The summed E-state index contributed by atoms with van der Waals surface area (Å²) in [6, 6.07) is 13.9. The van der Waals surface area contributed by atoms with Gasteiger partial charge in [-0.25, -0.2) is 13.1 Å². The zero-order chi connectivity index (χ0) is 25.7. The number of sulfonamides is 1. The average molecular weight is 503 g/mol. The Morgan fingerprint density at radius 2 is 1.83 bits per heavy atom. The standard InChI is InChI=1S/C27H26N4O4S/c1-16-8-11-24(35-4)20(12-16)27(13-21(27)23-15-28-14-18(3)30-23)26(32)31-36(33,34)25-7-5-6-22-19(25)10-9-17(2)29-22/h5-12,14-15,21H,13H2,1-4H3,(H,31,32). The van der Waals surface area contributed by atoms with Gasteiger partial charge in [-0.3, -0.25) is 19.7 Å². The number of amides is 1. The van der Waals surface area contributed by atoms with Crippen molar-refractivity contribution in [3.63, 3.8) is 0 Å². The topological polar surface area (TPSA) is 111 Å². The highest BCUT2D eigenvalue weighted by Crippen LogP contribution is 2.62. The smallest absolute Gasteiger partial charge is 0.264 e. The molecule has 184 valence electrons. The molecule has 1 saturated carbocycles. The maximum atomic E-state index is 13.9. The van der Waals surface area contributed by atoms with E-state index in [0.29, 0.717) is 34.3 Å². The summed E-state index contributed by atoms with van der Waals surface area (Å²) >= 11 is 0. The molecule has 2 heterocycles. The van der Waals surface area contributed by atoms with Crippen LogP contribution >= 0.6 is 0 Å². The molecule has 4 aromatic rings. The highest BCUT2D eigenvalue weighted by atomic mass is 32.2. The minimum atomic E-state index is -4.21. The first kappa shape index (κ1) is 23.9. The maximum Gasteiger partial charge on any atom is 0.264 e. The molecule has 0 radical (unpaired) electrons. The molecule has 1 amide bonds. The van der Waals surface area contributed by atoms with Crippen molar-refractivity contribution in [2.45, 2.75) is 43.4 Å². The Bertz CT molecular complexity index is 1620. The minimum Gasteiger partial charge on any atom is -0.496 e. The zero-order valence-electron chi connectivity index (χ0n) is 20.4. The summed E-state index contributed by atoms with van der Waals surface area (Å²) in [4.78, 5) is 27.2. The van der Waals surface area contributed by atoms with Crippen molar-refractivity contribution in [3.8, 4) is 5.75 Å². The molecule has 2 atom stereocenters. The molecule has 2 aromatic heterocycles. The third-order valence-electron chi connectivity index (χ3n) is 6.68. The van der Waals surface area contributed by atoms with Crippen LogP contribution in [0.4, 0.5) is 0 Å². The van der Waals surface area contributed by atoms with Crippen LogP contribution < -0.4 is 9.46 Å². The molecule has 0 saturated heterocycles. The van der Waals surface area contributed by atoms with Crippen LogP contribution in [0.15, 0.2) is 65.8 Å². The van der Waals surface area contributed by atoms with E-state index < -0.39 is 21.3 Å². The van der Waals surface area contributed by atoms with Gasteiger partial charge in [0.1, 0.15) is 5.75 Å². The number of ether oxygens (including phenoxy) is 1. The molecule has 5 rings (SSSR count). The first-order valence-corrected chi connectivity index (χ1v) is 13.0. The second kappa shape index (κ2) is 8.67. The van der Waals surface area contributed by atoms with Crippen molar-refractivity contribution >= 4 is 26.8 Å². The number of methoxy groups -OCH3 is 1. The molecule has 1 aliphatic carbocycles. The van der Waals surface area contributed by atoms with Crippen molar-refractivity contribution in [2.75, 3.05) is 7.11 Å². The number of nitrogens with one attached hydrogen (secondary N) is 1. The van der Waals surface area contributed by atoms with Crippen LogP contribution in [0, 0.1) is 20.8 Å². The summed E-state index contributed by atoms with van der Waals surface area (Å²) in [5, 5.41) is 0.447. The lowest BCUT2D eigenvalue weighted by Crippen LogP contribution is -2.40. The molecule has 1 fully saturated rings. The third kappa shape index (κ3) is 3.99. The lowest BCUT2D eigenvalue weighted by molar-refractivity contribution is -0.122. The molecule has 2 unspecified atom stereocenters. The summed E-state index contributed by atoms with van der Waals surface area (Å²) in [6.07, 6.45) is 3.65. The Balaban J connectivity index is 1.60. The van der Waals surface area contributed by atoms with E-state index in [2.05, 4.69) is 19.7 Å². The van der Waals surface area contributed by atoms with Gasteiger partial charge in [0.2, 0.25) is 5.91 Å². The SMILES string of the molecule is COc1ccc(C)cc1C1(C(=O)NS(=O)(=O)c2cccc3nc(C)ccc23)CC1c1cncc(C)n1. The Morgan fingerprint density at radius 3 is 2.58 bits per heavy atom. The summed E-state index contributed by atoms with van der Waals surface area (Å²) < 4.78 is 35.1. The number of pyridine rings is 1. The van der Waals surface area contributed by atoms with Crippen LogP contribution in [0.1, 0.15) is 40.5 Å². The van der Waals surface area contributed by atoms with E-state index >= 15 is 0 Å². The molecule has 2 aromatic carbocycles. The van der Waals surface area contributed by atoms with E-state index in [-0.39, 0.29) is 10.8 Å². The fourth-order valence-corrected chi connectivity index (χ4v) is 6.10. The predicted molar refractivity (Wildman–Crippen MR) is 135 cm³/mol. The largest absolute Gasteiger partial charge is 0.496 e. The first-order valence-electron chi connectivity index (χ1n) is 11.5. The van der Waals surface area contributed by atoms with Gasteiger partial charge in [0, 0.05) is 35.0 Å². The normalized spacial score (nSPS) is 19.2. The number of nitrogens with zero attached hydrogens (tertiary/aromatic N) is 3. The molecule has 9 heteroatoms. The van der Waals surface area contributed by atoms with Gasteiger partial charge in [-0.2, -0.15) is 0 Å². The molecule has 8 nitrogen and oxygen atoms in total. The van der Waals surface area contributed by atoms with Crippen LogP contribution in [-0.2, 0) is 20.2 Å². The van der Waals surface area contributed by atoms with Gasteiger partial charge in [0.05, 0.1) is 34.3 Å². The van der Waals surface area contributed by atoms with Crippen LogP contribution in [0.3, 0.4) is 0 Å². The van der Waals surface area contributed by atoms with Crippen molar-refractivity contribution < 1.29 is 17.9 Å². The molecule has 0 spiro atoms. The van der Waals surface area contributed by atoms with Gasteiger partial charge in [-0.1, -0.05) is 23.8 Å². The molecule has 1 aliphatic rings. The van der Waals surface area contributed by atoms with Gasteiger partial charge in [0.25, 0.3) is 10.0 Å². The molecular weight excluding hydrogens is 476 g/mol. The van der Waals surface area contributed by atoms with Crippen molar-refractivity contribution in [1.82, 2.24) is 19.7 Å². The van der Waals surface area contributed by atoms with E-state index in [9.17, 15) is 13.2 Å². The molecule has 0 bridgehead atoms. The number of carbonyl (C=O) groups is 1. The number of fused-ring (bicyclic) bond motifs is 1. The summed E-state index contributed by atoms with van der Waals surface area (Å²) in [7, 11) is -2.68. The highest BCUT2D eigenvalue weighted by molar-refractivity contribution is 7.90. The van der Waals surface area contributed by atoms with Crippen LogP contribution in [0.5, 0.6) is 5.75 Å². The zero-order valence-corrected chi connectivity index (χ0v) is 21.3. The minimum absolute atomic E-state index is 0.000227. The fraction of sp³-hybridized carbons (Fsp3) is 0.259. The van der Waals surface area contributed by atoms with E-state index in [1.807, 2.05) is 32.9 Å². The predicted octanol–water partition coefficient (Wildman–Crippen LogP) is 3.89. The van der Waals surface area contributed by atoms with E-state index in [0.717, 1.165) is 17.0 Å². The Labute approximate surface area is 209 Å². The molecule has 0 aliphatic heterocycles. The second-order valence-electron chi connectivity index (χ2n) is 9.23. The number of carbonyl (C=O) groups excluding carboxylic acids is 1. The lowest BCUT2D eigenvalue weighted by Gasteiger charge is -2.21. The van der Waals surface area contributed by atoms with Crippen molar-refractivity contribution in [3.05, 3.63) is 89.1 Å². The lowest BCUT2D eigenvalue weighted by atomic mass is 9.89. The Morgan fingerprint density at radius 1 is 1.03 bits per heavy atom. The Hall–Kier alpha value is -3.85. The quantitative estimate of drug-likeness (QED) is 0.426. The van der Waals surface area contributed by atoms with E-state index in [1.165, 1.54) is 13.2 Å². The van der Waals surface area contributed by atoms with Gasteiger partial charge in [-0.15, -0.1) is 0 Å².